The minimum atomic E-state index is -0.759. The van der Waals surface area contributed by atoms with Crippen LogP contribution in [0.5, 0.6) is 17.2 Å². The van der Waals surface area contributed by atoms with Crippen LogP contribution in [0, 0.1) is 0 Å². The Morgan fingerprint density at radius 2 is 1.92 bits per heavy atom. The first kappa shape index (κ1) is 23.6. The molecule has 0 fully saturated rings. The molecule has 2 aliphatic heterocycles. The summed E-state index contributed by atoms with van der Waals surface area (Å²) in [6.07, 6.45) is 1.76. The highest BCUT2D eigenvalue weighted by atomic mass is 32.1. The van der Waals surface area contributed by atoms with Crippen molar-refractivity contribution < 1.29 is 28.5 Å². The number of aromatic nitrogens is 1. The van der Waals surface area contributed by atoms with E-state index in [-0.39, 0.29) is 24.5 Å². The molecule has 0 spiro atoms. The molecule has 0 saturated carbocycles. The molecule has 36 heavy (non-hydrogen) atoms. The molecule has 3 aromatic rings. The molecule has 10 heteroatoms. The van der Waals surface area contributed by atoms with E-state index in [0.29, 0.717) is 37.8 Å². The van der Waals surface area contributed by atoms with Gasteiger partial charge in [0.15, 0.2) is 16.3 Å². The van der Waals surface area contributed by atoms with Gasteiger partial charge in [0, 0.05) is 6.92 Å². The van der Waals surface area contributed by atoms with Gasteiger partial charge in [-0.15, -0.1) is 0 Å². The monoisotopic (exact) mass is 506 g/mol. The third kappa shape index (κ3) is 4.31. The van der Waals surface area contributed by atoms with Crippen LogP contribution in [0.2, 0.25) is 0 Å². The predicted molar refractivity (Wildman–Crippen MR) is 131 cm³/mol. The van der Waals surface area contributed by atoms with Gasteiger partial charge >= 0.3 is 11.9 Å². The maximum Gasteiger partial charge on any atom is 0.338 e. The first-order valence-corrected chi connectivity index (χ1v) is 12.0. The van der Waals surface area contributed by atoms with Gasteiger partial charge in [-0.2, -0.15) is 0 Å². The summed E-state index contributed by atoms with van der Waals surface area (Å²) in [5.41, 5.74) is 1.88. The van der Waals surface area contributed by atoms with Gasteiger partial charge in [0.25, 0.3) is 5.56 Å². The van der Waals surface area contributed by atoms with Gasteiger partial charge in [0.05, 0.1) is 28.5 Å². The molecule has 184 valence electrons. The average molecular weight is 507 g/mol. The Morgan fingerprint density at radius 3 is 2.64 bits per heavy atom. The topological polar surface area (TPSA) is 105 Å². The number of carbonyl (C=O) groups is 2. The molecular weight excluding hydrogens is 484 g/mol. The van der Waals surface area contributed by atoms with Crippen LogP contribution in [0.1, 0.15) is 37.9 Å². The molecular formula is C26H22N2O7S. The average Bonchev–Trinajstić information content (AvgIpc) is 3.42. The number of nitrogens with zero attached hydrogens (tertiary/aromatic N) is 2. The van der Waals surface area contributed by atoms with E-state index < -0.39 is 18.0 Å². The second-order valence-corrected chi connectivity index (χ2v) is 9.09. The zero-order valence-corrected chi connectivity index (χ0v) is 20.6. The third-order valence-corrected chi connectivity index (χ3v) is 6.65. The SMILES string of the molecule is CCOC(=O)C1=C(C)N=c2s/c(=C\c3ccc4c(c3)OCO4)c(=O)n2[C@H]1c1ccc(OC(C)=O)cc1. The van der Waals surface area contributed by atoms with Gasteiger partial charge in [-0.05, 0) is 55.3 Å². The van der Waals surface area contributed by atoms with Crippen LogP contribution in [-0.4, -0.2) is 29.9 Å². The molecule has 3 heterocycles. The zero-order valence-electron chi connectivity index (χ0n) is 19.8. The smallest absolute Gasteiger partial charge is 0.338 e. The highest BCUT2D eigenvalue weighted by molar-refractivity contribution is 7.07. The van der Waals surface area contributed by atoms with Crippen LogP contribution in [-0.2, 0) is 14.3 Å². The lowest BCUT2D eigenvalue weighted by Gasteiger charge is -2.24. The van der Waals surface area contributed by atoms with E-state index in [0.717, 1.165) is 5.56 Å². The molecule has 9 nitrogen and oxygen atoms in total. The van der Waals surface area contributed by atoms with E-state index in [2.05, 4.69) is 4.99 Å². The molecule has 0 radical (unpaired) electrons. The van der Waals surface area contributed by atoms with E-state index >= 15 is 0 Å². The van der Waals surface area contributed by atoms with E-state index in [9.17, 15) is 14.4 Å². The fourth-order valence-corrected chi connectivity index (χ4v) is 5.19. The fourth-order valence-electron chi connectivity index (χ4n) is 4.15. The van der Waals surface area contributed by atoms with Crippen molar-refractivity contribution in [1.29, 1.82) is 0 Å². The van der Waals surface area contributed by atoms with E-state index in [1.807, 2.05) is 6.07 Å². The summed E-state index contributed by atoms with van der Waals surface area (Å²) < 4.78 is 23.2. The lowest BCUT2D eigenvalue weighted by molar-refractivity contribution is -0.139. The molecule has 2 aliphatic rings. The molecule has 1 aromatic heterocycles. The Balaban J connectivity index is 1.65. The largest absolute Gasteiger partial charge is 0.463 e. The lowest BCUT2D eigenvalue weighted by Crippen LogP contribution is -2.39. The highest BCUT2D eigenvalue weighted by Gasteiger charge is 2.33. The minimum Gasteiger partial charge on any atom is -0.463 e. The Morgan fingerprint density at radius 1 is 1.17 bits per heavy atom. The Bertz CT molecular complexity index is 1580. The predicted octanol–water partition coefficient (Wildman–Crippen LogP) is 2.45. The van der Waals surface area contributed by atoms with Crippen molar-refractivity contribution in [2.45, 2.75) is 26.8 Å². The summed E-state index contributed by atoms with van der Waals surface area (Å²) in [6.45, 7) is 5.10. The normalized spacial score (nSPS) is 16.4. The first-order valence-electron chi connectivity index (χ1n) is 11.2. The maximum atomic E-state index is 13.7. The molecule has 0 bridgehead atoms. The molecule has 0 aliphatic carbocycles. The van der Waals surface area contributed by atoms with Gasteiger partial charge < -0.3 is 18.9 Å². The maximum absolute atomic E-state index is 13.7. The molecule has 0 unspecified atom stereocenters. The van der Waals surface area contributed by atoms with Crippen molar-refractivity contribution in [2.24, 2.45) is 4.99 Å². The van der Waals surface area contributed by atoms with Crippen LogP contribution < -0.4 is 29.1 Å². The molecule has 0 saturated heterocycles. The summed E-state index contributed by atoms with van der Waals surface area (Å²) >= 11 is 1.23. The second-order valence-electron chi connectivity index (χ2n) is 8.08. The molecule has 5 rings (SSSR count). The third-order valence-electron chi connectivity index (χ3n) is 5.67. The van der Waals surface area contributed by atoms with Gasteiger partial charge in [0.1, 0.15) is 5.75 Å². The first-order chi connectivity index (χ1) is 17.4. The number of esters is 2. The molecule has 1 atom stereocenters. The number of rotatable bonds is 5. The lowest BCUT2D eigenvalue weighted by atomic mass is 9.96. The van der Waals surface area contributed by atoms with Gasteiger partial charge in [-0.1, -0.05) is 29.5 Å². The van der Waals surface area contributed by atoms with Crippen molar-refractivity contribution >= 4 is 29.4 Å². The van der Waals surface area contributed by atoms with Crippen molar-refractivity contribution in [1.82, 2.24) is 4.57 Å². The number of fused-ring (bicyclic) bond motifs is 2. The number of carbonyl (C=O) groups excluding carboxylic acids is 2. The van der Waals surface area contributed by atoms with Gasteiger partial charge in [-0.3, -0.25) is 14.2 Å². The number of thiazole rings is 1. The van der Waals surface area contributed by atoms with Crippen LogP contribution >= 0.6 is 11.3 Å². The Kier molecular flexibility index (Phi) is 6.19. The van der Waals surface area contributed by atoms with E-state index in [1.54, 1.807) is 56.3 Å². The van der Waals surface area contributed by atoms with Crippen molar-refractivity contribution in [3.05, 3.63) is 84.5 Å². The standard InChI is InChI=1S/C26H22N2O7S/c1-4-32-25(31)22-14(2)27-26-28(23(22)17-6-8-18(9-7-17)35-15(3)29)24(30)21(36-26)12-16-5-10-19-20(11-16)34-13-33-19/h5-12,23H,4,13H2,1-3H3/b21-12-/t23-/m0/s1. The number of allylic oxidation sites excluding steroid dienone is 1. The zero-order chi connectivity index (χ0) is 25.4. The van der Waals surface area contributed by atoms with Crippen LogP contribution in [0.25, 0.3) is 6.08 Å². The van der Waals surface area contributed by atoms with Gasteiger partial charge in [0.2, 0.25) is 6.79 Å². The van der Waals surface area contributed by atoms with Crippen molar-refractivity contribution in [2.75, 3.05) is 13.4 Å². The van der Waals surface area contributed by atoms with Crippen LogP contribution in [0.3, 0.4) is 0 Å². The van der Waals surface area contributed by atoms with E-state index in [4.69, 9.17) is 18.9 Å². The number of benzene rings is 2. The summed E-state index contributed by atoms with van der Waals surface area (Å²) in [5, 5.41) is 0. The summed E-state index contributed by atoms with van der Waals surface area (Å²) in [5.74, 6) is 0.642. The fraction of sp³-hybridized carbons (Fsp3) is 0.231. The minimum absolute atomic E-state index is 0.160. The second kappa shape index (κ2) is 9.46. The number of hydrogen-bond acceptors (Lipinski definition) is 9. The molecule has 2 aromatic carbocycles. The summed E-state index contributed by atoms with van der Waals surface area (Å²) in [7, 11) is 0. The number of hydrogen-bond donors (Lipinski definition) is 0. The Hall–Kier alpha value is -4.18. The van der Waals surface area contributed by atoms with Gasteiger partial charge in [-0.25, -0.2) is 9.79 Å². The van der Waals surface area contributed by atoms with Crippen LogP contribution in [0.15, 0.2) is 63.5 Å². The van der Waals surface area contributed by atoms with Crippen molar-refractivity contribution in [3.8, 4) is 17.2 Å². The summed E-state index contributed by atoms with van der Waals surface area (Å²) in [4.78, 5) is 43.0. The van der Waals surface area contributed by atoms with Crippen LogP contribution in [0.4, 0.5) is 0 Å². The Labute approximate surface area is 209 Å². The summed E-state index contributed by atoms with van der Waals surface area (Å²) in [6, 6.07) is 11.4. The van der Waals surface area contributed by atoms with E-state index in [1.165, 1.54) is 22.8 Å². The number of ether oxygens (including phenoxy) is 4. The molecule has 0 N–H and O–H groups in total. The quantitative estimate of drug-likeness (QED) is 0.387. The van der Waals surface area contributed by atoms with Crippen molar-refractivity contribution in [3.63, 3.8) is 0 Å². The molecule has 0 amide bonds. The highest BCUT2D eigenvalue weighted by Crippen LogP contribution is 2.33.